The van der Waals surface area contributed by atoms with Crippen LogP contribution < -0.4 is 14.8 Å². The molecule has 1 atom stereocenters. The number of hydrogen-bond donors (Lipinski definition) is 1. The Kier molecular flexibility index (Phi) is 6.50. The first kappa shape index (κ1) is 22.0. The Morgan fingerprint density at radius 2 is 1.91 bits per heavy atom. The molecule has 0 aliphatic carbocycles. The quantitative estimate of drug-likeness (QED) is 0.415. The van der Waals surface area contributed by atoms with Crippen LogP contribution in [0.5, 0.6) is 11.5 Å². The van der Waals surface area contributed by atoms with E-state index in [-0.39, 0.29) is 11.7 Å². The van der Waals surface area contributed by atoms with Crippen LogP contribution >= 0.6 is 11.8 Å². The third kappa shape index (κ3) is 4.50. The molecule has 2 aromatic carbocycles. The zero-order valence-corrected chi connectivity index (χ0v) is 19.1. The molecule has 0 spiro atoms. The first-order valence-electron chi connectivity index (χ1n) is 10.5. The van der Waals surface area contributed by atoms with Gasteiger partial charge >= 0.3 is 0 Å². The van der Waals surface area contributed by atoms with Crippen LogP contribution in [0.1, 0.15) is 31.1 Å². The van der Waals surface area contributed by atoms with Gasteiger partial charge in [-0.1, -0.05) is 23.9 Å². The van der Waals surface area contributed by atoms with Crippen LogP contribution in [0.25, 0.3) is 11.3 Å². The predicted molar refractivity (Wildman–Crippen MR) is 125 cm³/mol. The van der Waals surface area contributed by atoms with Gasteiger partial charge < -0.3 is 19.4 Å². The van der Waals surface area contributed by atoms with Crippen molar-refractivity contribution in [2.24, 2.45) is 0 Å². The lowest BCUT2D eigenvalue weighted by atomic mass is 10.1. The third-order valence-electron chi connectivity index (χ3n) is 5.19. The number of carbonyl (C=O) groups is 2. The van der Waals surface area contributed by atoms with E-state index in [9.17, 15) is 9.59 Å². The number of aromatic nitrogens is 2. The molecule has 0 fully saturated rings. The Balaban J connectivity index is 1.52. The van der Waals surface area contributed by atoms with E-state index in [2.05, 4.69) is 14.9 Å². The van der Waals surface area contributed by atoms with Gasteiger partial charge in [0, 0.05) is 17.7 Å². The summed E-state index contributed by atoms with van der Waals surface area (Å²) in [7, 11) is 0. The summed E-state index contributed by atoms with van der Waals surface area (Å²) in [6.07, 6.45) is 1.81. The van der Waals surface area contributed by atoms with Crippen LogP contribution in [0.2, 0.25) is 0 Å². The van der Waals surface area contributed by atoms with Crippen LogP contribution in [0.15, 0.2) is 53.8 Å². The fourth-order valence-electron chi connectivity index (χ4n) is 3.54. The molecule has 32 heavy (non-hydrogen) atoms. The number of hydrogen-bond acceptors (Lipinski definition) is 6. The first-order chi connectivity index (χ1) is 15.5. The number of para-hydroxylation sites is 1. The topological polar surface area (TPSA) is 82.4 Å². The Labute approximate surface area is 191 Å². The largest absolute Gasteiger partial charge is 0.486 e. The van der Waals surface area contributed by atoms with Gasteiger partial charge in [-0.3, -0.25) is 9.59 Å². The van der Waals surface area contributed by atoms with Gasteiger partial charge in [-0.2, -0.15) is 0 Å². The monoisotopic (exact) mass is 451 g/mol. The molecule has 0 saturated heterocycles. The van der Waals surface area contributed by atoms with E-state index in [0.29, 0.717) is 31.0 Å². The van der Waals surface area contributed by atoms with Crippen molar-refractivity contribution in [1.29, 1.82) is 0 Å². The summed E-state index contributed by atoms with van der Waals surface area (Å²) in [6.45, 7) is 7.14. The molecule has 1 aliphatic heterocycles. The van der Waals surface area contributed by atoms with Gasteiger partial charge in [-0.05, 0) is 51.1 Å². The number of ether oxygens (including phenoxy) is 2. The second-order valence-electron chi connectivity index (χ2n) is 7.38. The molecule has 0 saturated carbocycles. The van der Waals surface area contributed by atoms with E-state index in [1.54, 1.807) is 24.3 Å². The maximum Gasteiger partial charge on any atom is 0.237 e. The molecule has 1 unspecified atom stereocenters. The van der Waals surface area contributed by atoms with E-state index < -0.39 is 5.25 Å². The number of anilines is 1. The van der Waals surface area contributed by atoms with E-state index in [1.807, 2.05) is 38.2 Å². The minimum atomic E-state index is -0.407. The number of fused-ring (bicyclic) bond motifs is 1. The van der Waals surface area contributed by atoms with Crippen LogP contribution in [0.3, 0.4) is 0 Å². The number of rotatable bonds is 7. The predicted octanol–water partition coefficient (Wildman–Crippen LogP) is 4.66. The second-order valence-corrected chi connectivity index (χ2v) is 8.69. The number of benzene rings is 2. The highest BCUT2D eigenvalue weighted by Crippen LogP contribution is 2.36. The summed E-state index contributed by atoms with van der Waals surface area (Å²) in [6, 6.07) is 12.9. The number of Topliss-reactive ketones (excluding diaryl/α,β-unsaturated/α-hetero) is 1. The van der Waals surface area contributed by atoms with Crippen molar-refractivity contribution in [2.75, 3.05) is 18.5 Å². The highest BCUT2D eigenvalue weighted by Gasteiger charge is 2.21. The van der Waals surface area contributed by atoms with Crippen molar-refractivity contribution in [3.05, 3.63) is 54.2 Å². The number of carbonyl (C=O) groups excluding carboxylic acids is 2. The molecule has 8 heteroatoms. The van der Waals surface area contributed by atoms with Crippen molar-refractivity contribution in [3.63, 3.8) is 0 Å². The number of amides is 1. The highest BCUT2D eigenvalue weighted by atomic mass is 32.2. The summed E-state index contributed by atoms with van der Waals surface area (Å²) in [4.78, 5) is 29.2. The molecule has 2 heterocycles. The lowest BCUT2D eigenvalue weighted by Gasteiger charge is -2.19. The number of thioether (sulfide) groups is 1. The minimum absolute atomic E-state index is 0.0909. The molecule has 1 aliphatic rings. The molecule has 1 N–H and O–H groups in total. The molecular weight excluding hydrogens is 426 g/mol. The summed E-state index contributed by atoms with van der Waals surface area (Å²) < 4.78 is 13.4. The fraction of sp³-hybridized carbons (Fsp3) is 0.292. The first-order valence-corrected chi connectivity index (χ1v) is 11.4. The van der Waals surface area contributed by atoms with E-state index in [4.69, 9.17) is 9.47 Å². The average molecular weight is 452 g/mol. The molecule has 4 rings (SSSR count). The number of ketones is 1. The van der Waals surface area contributed by atoms with Crippen molar-refractivity contribution in [1.82, 2.24) is 9.55 Å². The maximum absolute atomic E-state index is 12.8. The molecule has 0 bridgehead atoms. The van der Waals surface area contributed by atoms with E-state index in [1.165, 1.54) is 18.7 Å². The van der Waals surface area contributed by atoms with Crippen molar-refractivity contribution in [3.8, 4) is 22.8 Å². The van der Waals surface area contributed by atoms with Crippen molar-refractivity contribution in [2.45, 2.75) is 37.7 Å². The smallest absolute Gasteiger partial charge is 0.237 e. The van der Waals surface area contributed by atoms with Crippen LogP contribution in [0.4, 0.5) is 5.69 Å². The third-order valence-corrected chi connectivity index (χ3v) is 6.29. The molecule has 1 amide bonds. The van der Waals surface area contributed by atoms with E-state index in [0.717, 1.165) is 27.9 Å². The van der Waals surface area contributed by atoms with Gasteiger partial charge in [-0.15, -0.1) is 0 Å². The van der Waals surface area contributed by atoms with Gasteiger partial charge in [0.2, 0.25) is 5.91 Å². The van der Waals surface area contributed by atoms with Gasteiger partial charge in [0.1, 0.15) is 13.2 Å². The van der Waals surface area contributed by atoms with E-state index >= 15 is 0 Å². The Morgan fingerprint density at radius 3 is 2.66 bits per heavy atom. The number of nitrogens with zero attached hydrogens (tertiary/aromatic N) is 2. The Bertz CT molecular complexity index is 1160. The molecule has 3 aromatic rings. The minimum Gasteiger partial charge on any atom is -0.486 e. The highest BCUT2D eigenvalue weighted by molar-refractivity contribution is 8.00. The number of nitrogens with one attached hydrogen (secondary N) is 1. The fourth-order valence-corrected chi connectivity index (χ4v) is 4.49. The zero-order chi connectivity index (χ0) is 22.7. The zero-order valence-electron chi connectivity index (χ0n) is 18.3. The van der Waals surface area contributed by atoms with Gasteiger partial charge in [-0.25, -0.2) is 4.98 Å². The molecule has 166 valence electrons. The summed E-state index contributed by atoms with van der Waals surface area (Å²) in [5.41, 5.74) is 2.94. The average Bonchev–Trinajstić information content (AvgIpc) is 3.21. The van der Waals surface area contributed by atoms with Crippen LogP contribution in [0, 0.1) is 0 Å². The Morgan fingerprint density at radius 1 is 1.16 bits per heavy atom. The standard InChI is InChI=1S/C24H25N3O4S/c1-4-27-20(17-9-10-21-22(13-17)31-12-11-30-21)14-25-24(27)32-16(3)23(29)26-19-8-6-5-7-18(19)15(2)28/h5-10,13-14,16H,4,11-12H2,1-3H3,(H,26,29). The Hall–Kier alpha value is -3.26. The van der Waals surface area contributed by atoms with Crippen LogP contribution in [-0.4, -0.2) is 39.7 Å². The van der Waals surface area contributed by atoms with Gasteiger partial charge in [0.15, 0.2) is 22.4 Å². The maximum atomic E-state index is 12.8. The second kappa shape index (κ2) is 9.48. The summed E-state index contributed by atoms with van der Waals surface area (Å²) >= 11 is 1.38. The van der Waals surface area contributed by atoms with Gasteiger partial charge in [0.25, 0.3) is 0 Å². The molecular formula is C24H25N3O4S. The van der Waals surface area contributed by atoms with Crippen LogP contribution in [-0.2, 0) is 11.3 Å². The lowest BCUT2D eigenvalue weighted by Crippen LogP contribution is -2.24. The molecule has 0 radical (unpaired) electrons. The summed E-state index contributed by atoms with van der Waals surface area (Å²) in [5, 5.41) is 3.22. The number of imidazole rings is 1. The summed E-state index contributed by atoms with van der Waals surface area (Å²) in [5.74, 6) is 1.19. The van der Waals surface area contributed by atoms with Crippen molar-refractivity contribution < 1.29 is 19.1 Å². The molecule has 7 nitrogen and oxygen atoms in total. The molecule has 1 aromatic heterocycles. The normalized spacial score (nSPS) is 13.5. The lowest BCUT2D eigenvalue weighted by molar-refractivity contribution is -0.115. The van der Waals surface area contributed by atoms with Crippen molar-refractivity contribution >= 4 is 29.1 Å². The SMILES string of the molecule is CCn1c(-c2ccc3c(c2)OCCO3)cnc1SC(C)C(=O)Nc1ccccc1C(C)=O. The van der Waals surface area contributed by atoms with Gasteiger partial charge in [0.05, 0.1) is 22.8 Å².